The first-order chi connectivity index (χ1) is 11.4. The van der Waals surface area contributed by atoms with Crippen molar-refractivity contribution in [2.45, 2.75) is 6.42 Å². The lowest BCUT2D eigenvalue weighted by atomic mass is 10.1. The summed E-state index contributed by atoms with van der Waals surface area (Å²) in [5, 5.41) is 21.1. The molecular formula is C15H17ClN2O6. The minimum absolute atomic E-state index is 0.0965. The molecule has 1 aromatic carbocycles. The second-order valence-corrected chi connectivity index (χ2v) is 5.80. The monoisotopic (exact) mass is 356 g/mol. The Bertz CT molecular complexity index is 651. The molecule has 9 heteroatoms. The Kier molecular flexibility index (Phi) is 5.99. The average Bonchev–Trinajstić information content (AvgIpc) is 3.00. The second-order valence-electron chi connectivity index (χ2n) is 5.36. The summed E-state index contributed by atoms with van der Waals surface area (Å²) in [5.41, 5.74) is 0.210. The van der Waals surface area contributed by atoms with Gasteiger partial charge in [0.05, 0.1) is 11.6 Å². The van der Waals surface area contributed by atoms with Gasteiger partial charge < -0.3 is 25.2 Å². The molecule has 0 aromatic heterocycles. The van der Waals surface area contributed by atoms with Gasteiger partial charge in [0.25, 0.3) is 0 Å². The fraction of sp³-hybridized carbons (Fsp3) is 0.400. The average molecular weight is 357 g/mol. The zero-order chi connectivity index (χ0) is 17.7. The zero-order valence-corrected chi connectivity index (χ0v) is 13.5. The number of phenolic OH excluding ortho intramolecular Hbond substituents is 1. The number of rotatable bonds is 6. The van der Waals surface area contributed by atoms with Crippen LogP contribution < -0.4 is 5.32 Å². The van der Waals surface area contributed by atoms with Crippen molar-refractivity contribution in [2.24, 2.45) is 5.92 Å². The SMILES string of the molecule is O=C(O)COCC(=O)N1CCC(C(=O)Nc2cc(Cl)ccc2O)C1. The fourth-order valence-corrected chi connectivity index (χ4v) is 2.53. The summed E-state index contributed by atoms with van der Waals surface area (Å²) in [5.74, 6) is -2.36. The van der Waals surface area contributed by atoms with Gasteiger partial charge in [-0.05, 0) is 24.6 Å². The maximum atomic E-state index is 12.2. The van der Waals surface area contributed by atoms with E-state index >= 15 is 0 Å². The van der Waals surface area contributed by atoms with E-state index in [2.05, 4.69) is 5.32 Å². The molecule has 0 spiro atoms. The van der Waals surface area contributed by atoms with Gasteiger partial charge in [-0.2, -0.15) is 0 Å². The predicted octanol–water partition coefficient (Wildman–Crippen LogP) is 0.934. The molecular weight excluding hydrogens is 340 g/mol. The van der Waals surface area contributed by atoms with Crippen molar-refractivity contribution in [2.75, 3.05) is 31.6 Å². The van der Waals surface area contributed by atoms with Crippen LogP contribution in [0.25, 0.3) is 0 Å². The number of nitrogens with zero attached hydrogens (tertiary/aromatic N) is 1. The topological polar surface area (TPSA) is 116 Å². The number of aromatic hydroxyl groups is 1. The second kappa shape index (κ2) is 7.98. The molecule has 2 rings (SSSR count). The molecule has 1 aromatic rings. The smallest absolute Gasteiger partial charge is 0.329 e. The molecule has 1 fully saturated rings. The van der Waals surface area contributed by atoms with Crippen molar-refractivity contribution in [1.29, 1.82) is 0 Å². The van der Waals surface area contributed by atoms with Gasteiger partial charge in [-0.1, -0.05) is 11.6 Å². The van der Waals surface area contributed by atoms with Gasteiger partial charge in [-0.3, -0.25) is 9.59 Å². The van der Waals surface area contributed by atoms with Gasteiger partial charge in [0, 0.05) is 18.1 Å². The third kappa shape index (κ3) is 4.84. The molecule has 2 amide bonds. The quantitative estimate of drug-likeness (QED) is 0.653. The van der Waals surface area contributed by atoms with Crippen LogP contribution in [0.1, 0.15) is 6.42 Å². The van der Waals surface area contributed by atoms with Gasteiger partial charge in [-0.15, -0.1) is 0 Å². The highest BCUT2D eigenvalue weighted by Gasteiger charge is 2.31. The summed E-state index contributed by atoms with van der Waals surface area (Å²) in [6.07, 6.45) is 0.470. The highest BCUT2D eigenvalue weighted by molar-refractivity contribution is 6.31. The van der Waals surface area contributed by atoms with E-state index in [4.69, 9.17) is 21.4 Å². The van der Waals surface area contributed by atoms with E-state index in [1.54, 1.807) is 0 Å². The van der Waals surface area contributed by atoms with E-state index in [1.165, 1.54) is 23.1 Å². The number of halogens is 1. The molecule has 1 atom stereocenters. The van der Waals surface area contributed by atoms with Crippen LogP contribution in [-0.2, 0) is 19.1 Å². The van der Waals surface area contributed by atoms with Crippen LogP contribution in [0.3, 0.4) is 0 Å². The van der Waals surface area contributed by atoms with E-state index in [0.29, 0.717) is 18.0 Å². The Morgan fingerprint density at radius 2 is 2.08 bits per heavy atom. The molecule has 3 N–H and O–H groups in total. The van der Waals surface area contributed by atoms with E-state index < -0.39 is 18.5 Å². The summed E-state index contributed by atoms with van der Waals surface area (Å²) in [7, 11) is 0. The Hall–Kier alpha value is -2.32. The first-order valence-electron chi connectivity index (χ1n) is 7.23. The zero-order valence-electron chi connectivity index (χ0n) is 12.7. The van der Waals surface area contributed by atoms with E-state index in [1.807, 2.05) is 0 Å². The van der Waals surface area contributed by atoms with Crippen molar-refractivity contribution < 1.29 is 29.3 Å². The summed E-state index contributed by atoms with van der Waals surface area (Å²) in [4.78, 5) is 35.9. The number of carbonyl (C=O) groups is 3. The number of phenols is 1. The van der Waals surface area contributed by atoms with E-state index in [9.17, 15) is 19.5 Å². The van der Waals surface area contributed by atoms with Crippen molar-refractivity contribution in [3.8, 4) is 5.75 Å². The molecule has 0 saturated carbocycles. The Morgan fingerprint density at radius 1 is 1.33 bits per heavy atom. The van der Waals surface area contributed by atoms with Gasteiger partial charge in [0.15, 0.2) is 0 Å². The van der Waals surface area contributed by atoms with E-state index in [-0.39, 0.29) is 36.4 Å². The lowest BCUT2D eigenvalue weighted by Crippen LogP contribution is -2.34. The number of ether oxygens (including phenoxy) is 1. The molecule has 8 nitrogen and oxygen atoms in total. The van der Waals surface area contributed by atoms with Gasteiger partial charge in [0.2, 0.25) is 11.8 Å². The molecule has 130 valence electrons. The number of nitrogens with one attached hydrogen (secondary N) is 1. The first kappa shape index (κ1) is 18.0. The number of hydrogen-bond acceptors (Lipinski definition) is 5. The molecule has 0 radical (unpaired) electrons. The molecule has 1 heterocycles. The molecule has 1 aliphatic rings. The van der Waals surface area contributed by atoms with Crippen LogP contribution in [0.4, 0.5) is 5.69 Å². The number of likely N-dealkylation sites (tertiary alicyclic amines) is 1. The number of aliphatic carboxylic acids is 1. The third-order valence-electron chi connectivity index (χ3n) is 3.58. The summed E-state index contributed by atoms with van der Waals surface area (Å²) < 4.78 is 4.75. The van der Waals surface area contributed by atoms with Crippen LogP contribution in [-0.4, -0.2) is 59.2 Å². The number of benzene rings is 1. The predicted molar refractivity (Wildman–Crippen MR) is 84.9 cm³/mol. The van der Waals surface area contributed by atoms with Crippen molar-refractivity contribution in [3.05, 3.63) is 23.2 Å². The third-order valence-corrected chi connectivity index (χ3v) is 3.81. The Morgan fingerprint density at radius 3 is 2.79 bits per heavy atom. The highest BCUT2D eigenvalue weighted by atomic mass is 35.5. The number of carboxylic acid groups (broad SMARTS) is 1. The number of carboxylic acids is 1. The lowest BCUT2D eigenvalue weighted by Gasteiger charge is -2.16. The maximum absolute atomic E-state index is 12.2. The molecule has 24 heavy (non-hydrogen) atoms. The van der Waals surface area contributed by atoms with Crippen LogP contribution in [0.15, 0.2) is 18.2 Å². The minimum atomic E-state index is -1.15. The normalized spacial score (nSPS) is 16.9. The number of amides is 2. The maximum Gasteiger partial charge on any atom is 0.329 e. The minimum Gasteiger partial charge on any atom is -0.506 e. The largest absolute Gasteiger partial charge is 0.506 e. The van der Waals surface area contributed by atoms with Gasteiger partial charge >= 0.3 is 5.97 Å². The summed E-state index contributed by atoms with van der Waals surface area (Å²) >= 11 is 5.82. The van der Waals surface area contributed by atoms with Gasteiger partial charge in [-0.25, -0.2) is 4.79 Å². The number of carbonyl (C=O) groups excluding carboxylic acids is 2. The van der Waals surface area contributed by atoms with Crippen molar-refractivity contribution in [3.63, 3.8) is 0 Å². The van der Waals surface area contributed by atoms with Crippen molar-refractivity contribution >= 4 is 35.1 Å². The lowest BCUT2D eigenvalue weighted by molar-refractivity contribution is -0.145. The Balaban J connectivity index is 1.86. The van der Waals surface area contributed by atoms with Crippen LogP contribution >= 0.6 is 11.6 Å². The van der Waals surface area contributed by atoms with Crippen LogP contribution in [0, 0.1) is 5.92 Å². The highest BCUT2D eigenvalue weighted by Crippen LogP contribution is 2.28. The first-order valence-corrected chi connectivity index (χ1v) is 7.61. The molecule has 0 aliphatic carbocycles. The van der Waals surface area contributed by atoms with E-state index in [0.717, 1.165) is 0 Å². The van der Waals surface area contributed by atoms with Gasteiger partial charge in [0.1, 0.15) is 19.0 Å². The molecule has 1 saturated heterocycles. The summed E-state index contributed by atoms with van der Waals surface area (Å²) in [6, 6.07) is 4.31. The number of hydrogen-bond donors (Lipinski definition) is 3. The summed E-state index contributed by atoms with van der Waals surface area (Å²) in [6.45, 7) is -0.287. The standard InChI is InChI=1S/C15H17ClN2O6/c16-10-1-2-12(19)11(5-10)17-15(23)9-3-4-18(6-9)13(20)7-24-8-14(21)22/h1-2,5,9,19H,3-4,6-8H2,(H,17,23)(H,21,22). The molecule has 1 unspecified atom stereocenters. The van der Waals surface area contributed by atoms with Crippen LogP contribution in [0.2, 0.25) is 5.02 Å². The molecule has 1 aliphatic heterocycles. The molecule has 0 bridgehead atoms. The van der Waals surface area contributed by atoms with Crippen LogP contribution in [0.5, 0.6) is 5.75 Å². The fourth-order valence-electron chi connectivity index (χ4n) is 2.36. The Labute approximate surface area is 143 Å². The number of anilines is 1. The van der Waals surface area contributed by atoms with Crippen molar-refractivity contribution in [1.82, 2.24) is 4.90 Å².